The van der Waals surface area contributed by atoms with Crippen LogP contribution in [0.5, 0.6) is 0 Å². The van der Waals surface area contributed by atoms with E-state index in [0.717, 1.165) is 36.5 Å². The fourth-order valence-electron chi connectivity index (χ4n) is 4.89. The third-order valence-corrected chi connectivity index (χ3v) is 6.35. The summed E-state index contributed by atoms with van der Waals surface area (Å²) in [6.07, 6.45) is 16.5. The predicted octanol–water partition coefficient (Wildman–Crippen LogP) is 6.93. The standard InChI is InChI=1S/C20H37F/c1-3-5-16(2)6-4-7-17-8-10-18(11-9-17)19-12-14-20(21)15-13-19/h16-20H,3-15H2,1-2H3. The van der Waals surface area contributed by atoms with Gasteiger partial charge in [0, 0.05) is 0 Å². The van der Waals surface area contributed by atoms with Gasteiger partial charge in [-0.3, -0.25) is 0 Å². The first-order chi connectivity index (χ1) is 10.2. The molecule has 0 spiro atoms. The van der Waals surface area contributed by atoms with Crippen LogP contribution in [0.3, 0.4) is 0 Å². The lowest BCUT2D eigenvalue weighted by Gasteiger charge is -2.36. The molecule has 0 aliphatic heterocycles. The highest BCUT2D eigenvalue weighted by Crippen LogP contribution is 2.41. The van der Waals surface area contributed by atoms with Crippen LogP contribution < -0.4 is 0 Å². The van der Waals surface area contributed by atoms with Crippen molar-refractivity contribution in [2.75, 3.05) is 0 Å². The molecule has 1 unspecified atom stereocenters. The van der Waals surface area contributed by atoms with Gasteiger partial charge in [-0.1, -0.05) is 58.8 Å². The van der Waals surface area contributed by atoms with E-state index in [2.05, 4.69) is 13.8 Å². The van der Waals surface area contributed by atoms with Gasteiger partial charge in [-0.2, -0.15) is 0 Å². The number of rotatable bonds is 7. The predicted molar refractivity (Wildman–Crippen MR) is 90.2 cm³/mol. The largest absolute Gasteiger partial charge is 0.247 e. The second-order valence-corrected chi connectivity index (χ2v) is 8.12. The van der Waals surface area contributed by atoms with E-state index in [1.807, 2.05) is 0 Å². The highest BCUT2D eigenvalue weighted by atomic mass is 19.1. The summed E-state index contributed by atoms with van der Waals surface area (Å²) in [5, 5.41) is 0. The van der Waals surface area contributed by atoms with Crippen molar-refractivity contribution < 1.29 is 4.39 Å². The maximum atomic E-state index is 13.2. The third-order valence-electron chi connectivity index (χ3n) is 6.35. The molecule has 0 radical (unpaired) electrons. The van der Waals surface area contributed by atoms with E-state index in [9.17, 15) is 4.39 Å². The SMILES string of the molecule is CCCC(C)CCCC1CCC(C2CCC(F)CC2)CC1. The monoisotopic (exact) mass is 296 g/mol. The Morgan fingerprint density at radius 2 is 1.43 bits per heavy atom. The zero-order chi connectivity index (χ0) is 15.1. The molecule has 0 nitrogen and oxygen atoms in total. The molecule has 0 aromatic rings. The van der Waals surface area contributed by atoms with Crippen molar-refractivity contribution in [2.24, 2.45) is 23.7 Å². The van der Waals surface area contributed by atoms with Gasteiger partial charge in [0.2, 0.25) is 0 Å². The molecule has 0 aromatic carbocycles. The van der Waals surface area contributed by atoms with Gasteiger partial charge in [0.1, 0.15) is 6.17 Å². The van der Waals surface area contributed by atoms with Crippen LogP contribution in [-0.2, 0) is 0 Å². The third kappa shape index (κ3) is 5.91. The van der Waals surface area contributed by atoms with E-state index >= 15 is 0 Å². The molecule has 0 bridgehead atoms. The van der Waals surface area contributed by atoms with Crippen molar-refractivity contribution in [3.05, 3.63) is 0 Å². The maximum absolute atomic E-state index is 13.2. The summed E-state index contributed by atoms with van der Waals surface area (Å²) >= 11 is 0. The zero-order valence-electron chi connectivity index (χ0n) is 14.5. The first-order valence-electron chi connectivity index (χ1n) is 9.83. The molecule has 1 atom stereocenters. The van der Waals surface area contributed by atoms with Crippen molar-refractivity contribution in [2.45, 2.75) is 103 Å². The second-order valence-electron chi connectivity index (χ2n) is 8.12. The second kappa shape index (κ2) is 9.16. The van der Waals surface area contributed by atoms with Crippen LogP contribution in [0.25, 0.3) is 0 Å². The van der Waals surface area contributed by atoms with Gasteiger partial charge in [0.15, 0.2) is 0 Å². The lowest BCUT2D eigenvalue weighted by Crippen LogP contribution is -2.26. The molecular weight excluding hydrogens is 259 g/mol. The molecule has 1 heteroatoms. The Bertz CT molecular complexity index is 259. The van der Waals surface area contributed by atoms with Crippen molar-refractivity contribution >= 4 is 0 Å². The van der Waals surface area contributed by atoms with Crippen LogP contribution in [0.1, 0.15) is 97.3 Å². The van der Waals surface area contributed by atoms with Crippen LogP contribution in [0.2, 0.25) is 0 Å². The Labute approximate surface area is 132 Å². The molecule has 2 fully saturated rings. The number of hydrogen-bond donors (Lipinski definition) is 0. The molecule has 0 amide bonds. The van der Waals surface area contributed by atoms with E-state index in [4.69, 9.17) is 0 Å². The fraction of sp³-hybridized carbons (Fsp3) is 1.00. The highest BCUT2D eigenvalue weighted by molar-refractivity contribution is 4.82. The molecule has 21 heavy (non-hydrogen) atoms. The number of hydrogen-bond acceptors (Lipinski definition) is 0. The minimum absolute atomic E-state index is 0.484. The minimum atomic E-state index is -0.484. The van der Waals surface area contributed by atoms with E-state index in [1.54, 1.807) is 0 Å². The van der Waals surface area contributed by atoms with Crippen LogP contribution in [0, 0.1) is 23.7 Å². The quantitative estimate of drug-likeness (QED) is 0.478. The summed E-state index contributed by atoms with van der Waals surface area (Å²) in [6, 6.07) is 0. The van der Waals surface area contributed by atoms with Crippen molar-refractivity contribution in [3.8, 4) is 0 Å². The first kappa shape index (κ1) is 17.3. The first-order valence-corrected chi connectivity index (χ1v) is 9.83. The molecule has 0 heterocycles. The number of halogens is 1. The lowest BCUT2D eigenvalue weighted by atomic mass is 9.70. The summed E-state index contributed by atoms with van der Waals surface area (Å²) in [4.78, 5) is 0. The van der Waals surface area contributed by atoms with Gasteiger partial charge in [-0.15, -0.1) is 0 Å². The van der Waals surface area contributed by atoms with Gasteiger partial charge < -0.3 is 0 Å². The minimum Gasteiger partial charge on any atom is -0.247 e. The average molecular weight is 297 g/mol. The molecule has 2 aliphatic carbocycles. The average Bonchev–Trinajstić information content (AvgIpc) is 2.49. The fourth-order valence-corrected chi connectivity index (χ4v) is 4.89. The Kier molecular flexibility index (Phi) is 7.54. The Morgan fingerprint density at radius 1 is 0.857 bits per heavy atom. The lowest BCUT2D eigenvalue weighted by molar-refractivity contribution is 0.125. The van der Waals surface area contributed by atoms with E-state index in [-0.39, 0.29) is 0 Å². The molecule has 0 N–H and O–H groups in total. The van der Waals surface area contributed by atoms with Gasteiger partial charge in [-0.05, 0) is 62.2 Å². The molecule has 0 aromatic heterocycles. The van der Waals surface area contributed by atoms with E-state index < -0.39 is 6.17 Å². The summed E-state index contributed by atoms with van der Waals surface area (Å²) in [5.41, 5.74) is 0. The molecule has 2 rings (SSSR count). The maximum Gasteiger partial charge on any atom is 0.100 e. The highest BCUT2D eigenvalue weighted by Gasteiger charge is 2.30. The smallest absolute Gasteiger partial charge is 0.100 e. The normalized spacial score (nSPS) is 35.6. The van der Waals surface area contributed by atoms with E-state index in [1.165, 1.54) is 70.6 Å². The Morgan fingerprint density at radius 3 is 2.00 bits per heavy atom. The van der Waals surface area contributed by atoms with Gasteiger partial charge in [0.25, 0.3) is 0 Å². The van der Waals surface area contributed by atoms with Crippen molar-refractivity contribution in [1.82, 2.24) is 0 Å². The summed E-state index contributed by atoms with van der Waals surface area (Å²) in [6.45, 7) is 4.72. The van der Waals surface area contributed by atoms with Gasteiger partial charge in [0.05, 0.1) is 0 Å². The van der Waals surface area contributed by atoms with Gasteiger partial charge >= 0.3 is 0 Å². The van der Waals surface area contributed by atoms with Crippen LogP contribution in [-0.4, -0.2) is 6.17 Å². The molecule has 0 saturated heterocycles. The Balaban J connectivity index is 1.58. The molecular formula is C20H37F. The topological polar surface area (TPSA) is 0 Å². The van der Waals surface area contributed by atoms with Crippen molar-refractivity contribution in [3.63, 3.8) is 0 Å². The van der Waals surface area contributed by atoms with Crippen LogP contribution >= 0.6 is 0 Å². The molecule has 2 saturated carbocycles. The van der Waals surface area contributed by atoms with Crippen LogP contribution in [0.15, 0.2) is 0 Å². The van der Waals surface area contributed by atoms with Gasteiger partial charge in [-0.25, -0.2) is 4.39 Å². The molecule has 124 valence electrons. The van der Waals surface area contributed by atoms with Crippen LogP contribution in [0.4, 0.5) is 4.39 Å². The summed E-state index contributed by atoms with van der Waals surface area (Å²) in [7, 11) is 0. The van der Waals surface area contributed by atoms with Crippen molar-refractivity contribution in [1.29, 1.82) is 0 Å². The summed E-state index contributed by atoms with van der Waals surface area (Å²) in [5.74, 6) is 3.74. The summed E-state index contributed by atoms with van der Waals surface area (Å²) < 4.78 is 13.2. The Hall–Kier alpha value is -0.0700. The van der Waals surface area contributed by atoms with E-state index in [0.29, 0.717) is 0 Å². The number of alkyl halides is 1. The zero-order valence-corrected chi connectivity index (χ0v) is 14.5. The molecule has 2 aliphatic rings.